The fourth-order valence-corrected chi connectivity index (χ4v) is 4.20. The monoisotopic (exact) mass is 470 g/mol. The summed E-state index contributed by atoms with van der Waals surface area (Å²) >= 11 is 0. The van der Waals surface area contributed by atoms with Crippen molar-refractivity contribution in [3.05, 3.63) is 66.6 Å². The molecule has 0 radical (unpaired) electrons. The number of rotatable bonds is 7. The second kappa shape index (κ2) is 9.76. The molecule has 4 heterocycles. The maximum Gasteiger partial charge on any atom is 0.232 e. The van der Waals surface area contributed by atoms with E-state index < -0.39 is 0 Å². The largest absolute Gasteiger partial charge is 0.474 e. The van der Waals surface area contributed by atoms with E-state index in [4.69, 9.17) is 19.4 Å². The fraction of sp³-hybridized carbons (Fsp3) is 0.296. The lowest BCUT2D eigenvalue weighted by molar-refractivity contribution is 0.0245. The molecule has 0 amide bonds. The number of pyridine rings is 1. The van der Waals surface area contributed by atoms with Crippen LogP contribution in [-0.4, -0.2) is 58.2 Å². The summed E-state index contributed by atoms with van der Waals surface area (Å²) < 4.78 is 12.0. The molecule has 1 fully saturated rings. The third kappa shape index (κ3) is 4.83. The molecule has 4 aromatic rings. The van der Waals surface area contributed by atoms with Gasteiger partial charge in [-0.25, -0.2) is 0 Å². The topological polar surface area (TPSA) is 88.2 Å². The number of ether oxygens (including phenoxy) is 2. The highest BCUT2D eigenvalue weighted by Gasteiger charge is 2.22. The SMILES string of the molecule is C=C(c1ccc(Nc2nc(OC3CCOCC3)c3c(-c4cccnc4)c[nH]c3n2)c(C)c1)N(C)C. The van der Waals surface area contributed by atoms with Gasteiger partial charge in [0.15, 0.2) is 0 Å². The molecule has 1 aromatic carbocycles. The molecule has 1 aliphatic rings. The number of aromatic nitrogens is 4. The molecule has 2 N–H and O–H groups in total. The number of nitrogens with one attached hydrogen (secondary N) is 2. The molecule has 8 nitrogen and oxygen atoms in total. The van der Waals surface area contributed by atoms with E-state index in [1.807, 2.05) is 55.7 Å². The van der Waals surface area contributed by atoms with Crippen LogP contribution in [0.2, 0.25) is 0 Å². The normalized spacial score (nSPS) is 14.1. The number of hydrogen-bond donors (Lipinski definition) is 2. The molecule has 8 heteroatoms. The van der Waals surface area contributed by atoms with Crippen LogP contribution in [0.25, 0.3) is 27.9 Å². The van der Waals surface area contributed by atoms with Gasteiger partial charge in [-0.15, -0.1) is 0 Å². The second-order valence-corrected chi connectivity index (χ2v) is 8.95. The first-order chi connectivity index (χ1) is 17.0. The zero-order chi connectivity index (χ0) is 24.4. The Morgan fingerprint density at radius 2 is 2.03 bits per heavy atom. The highest BCUT2D eigenvalue weighted by atomic mass is 16.5. The minimum absolute atomic E-state index is 0.0458. The van der Waals surface area contributed by atoms with Gasteiger partial charge in [0.25, 0.3) is 0 Å². The van der Waals surface area contributed by atoms with Gasteiger partial charge >= 0.3 is 0 Å². The van der Waals surface area contributed by atoms with Crippen molar-refractivity contribution in [3.63, 3.8) is 0 Å². The maximum atomic E-state index is 6.45. The molecule has 1 aliphatic heterocycles. The average molecular weight is 471 g/mol. The molecule has 5 rings (SSSR count). The van der Waals surface area contributed by atoms with E-state index >= 15 is 0 Å². The van der Waals surface area contributed by atoms with Gasteiger partial charge in [-0.2, -0.15) is 9.97 Å². The Balaban J connectivity index is 1.52. The lowest BCUT2D eigenvalue weighted by atomic mass is 10.1. The molecule has 0 atom stereocenters. The van der Waals surface area contributed by atoms with Gasteiger partial charge in [-0.3, -0.25) is 4.98 Å². The number of fused-ring (bicyclic) bond motifs is 1. The Morgan fingerprint density at radius 1 is 1.20 bits per heavy atom. The first-order valence-electron chi connectivity index (χ1n) is 11.8. The van der Waals surface area contributed by atoms with Crippen LogP contribution in [-0.2, 0) is 4.74 Å². The molecule has 3 aromatic heterocycles. The average Bonchev–Trinajstić information content (AvgIpc) is 3.30. The van der Waals surface area contributed by atoms with Crippen LogP contribution in [0.4, 0.5) is 11.6 Å². The summed E-state index contributed by atoms with van der Waals surface area (Å²) in [6, 6.07) is 10.1. The Bertz CT molecular complexity index is 1340. The van der Waals surface area contributed by atoms with Gasteiger partial charge in [-0.1, -0.05) is 18.7 Å². The first-order valence-corrected chi connectivity index (χ1v) is 11.8. The third-order valence-corrected chi connectivity index (χ3v) is 6.26. The molecular weight excluding hydrogens is 440 g/mol. The number of aryl methyl sites for hydroxylation is 1. The van der Waals surface area contributed by atoms with Crippen LogP contribution in [0, 0.1) is 6.92 Å². The highest BCUT2D eigenvalue weighted by Crippen LogP contribution is 2.36. The standard InChI is InChI=1S/C27H30N6O2/c1-17-14-19(18(2)33(3)4)7-8-23(17)30-27-31-25-24(22(16-29-25)20-6-5-11-28-15-20)26(32-27)35-21-9-12-34-13-10-21/h5-8,11,14-16,21H,2,9-10,12-13H2,1,3-4H3,(H2,29,30,31,32). The summed E-state index contributed by atoms with van der Waals surface area (Å²) in [5.41, 5.74) is 6.68. The highest BCUT2D eigenvalue weighted by molar-refractivity contribution is 5.97. The van der Waals surface area contributed by atoms with Crippen molar-refractivity contribution in [2.75, 3.05) is 32.6 Å². The Hall–Kier alpha value is -3.91. The number of hydrogen-bond acceptors (Lipinski definition) is 7. The quantitative estimate of drug-likeness (QED) is 0.386. The molecule has 1 saturated heterocycles. The summed E-state index contributed by atoms with van der Waals surface area (Å²) in [7, 11) is 3.98. The number of aromatic amines is 1. The minimum Gasteiger partial charge on any atom is -0.474 e. The Labute approximate surface area is 205 Å². The van der Waals surface area contributed by atoms with Crippen LogP contribution in [0.1, 0.15) is 24.0 Å². The predicted octanol–water partition coefficient (Wildman–Crippen LogP) is 5.16. The van der Waals surface area contributed by atoms with Crippen molar-refractivity contribution in [1.29, 1.82) is 0 Å². The van der Waals surface area contributed by atoms with Crippen molar-refractivity contribution in [2.24, 2.45) is 0 Å². The zero-order valence-corrected chi connectivity index (χ0v) is 20.3. The number of nitrogens with zero attached hydrogens (tertiary/aromatic N) is 4. The van der Waals surface area contributed by atoms with Crippen LogP contribution in [0.15, 0.2) is 55.5 Å². The van der Waals surface area contributed by atoms with E-state index in [9.17, 15) is 0 Å². The first kappa shape index (κ1) is 22.9. The number of anilines is 2. The summed E-state index contributed by atoms with van der Waals surface area (Å²) in [5.74, 6) is 1.03. The Morgan fingerprint density at radius 3 is 2.74 bits per heavy atom. The van der Waals surface area contributed by atoms with Crippen LogP contribution < -0.4 is 10.1 Å². The minimum atomic E-state index is 0.0458. The molecule has 0 aliphatic carbocycles. The van der Waals surface area contributed by atoms with Crippen molar-refractivity contribution in [1.82, 2.24) is 24.8 Å². The van der Waals surface area contributed by atoms with E-state index in [2.05, 4.69) is 34.9 Å². The van der Waals surface area contributed by atoms with Gasteiger partial charge in [-0.05, 0) is 36.2 Å². The van der Waals surface area contributed by atoms with Gasteiger partial charge in [0.1, 0.15) is 11.8 Å². The third-order valence-electron chi connectivity index (χ3n) is 6.26. The molecule has 0 saturated carbocycles. The van der Waals surface area contributed by atoms with E-state index in [0.717, 1.165) is 51.9 Å². The van der Waals surface area contributed by atoms with Gasteiger partial charge in [0, 0.05) is 68.0 Å². The summed E-state index contributed by atoms with van der Waals surface area (Å²) in [6.45, 7) is 7.59. The molecule has 0 bridgehead atoms. The van der Waals surface area contributed by atoms with Gasteiger partial charge in [0.05, 0.1) is 18.6 Å². The second-order valence-electron chi connectivity index (χ2n) is 8.95. The fourth-order valence-electron chi connectivity index (χ4n) is 4.20. The van der Waals surface area contributed by atoms with Gasteiger partial charge < -0.3 is 24.7 Å². The number of H-pyrrole nitrogens is 1. The molecule has 35 heavy (non-hydrogen) atoms. The van der Waals surface area contributed by atoms with E-state index in [0.29, 0.717) is 30.7 Å². The van der Waals surface area contributed by atoms with Crippen molar-refractivity contribution in [3.8, 4) is 17.0 Å². The molecule has 180 valence electrons. The van der Waals surface area contributed by atoms with E-state index in [-0.39, 0.29) is 6.10 Å². The van der Waals surface area contributed by atoms with E-state index in [1.165, 1.54) is 0 Å². The van der Waals surface area contributed by atoms with Gasteiger partial charge in [0.2, 0.25) is 11.8 Å². The van der Waals surface area contributed by atoms with Crippen molar-refractivity contribution >= 4 is 28.4 Å². The summed E-state index contributed by atoms with van der Waals surface area (Å²) in [4.78, 5) is 19.2. The molecular formula is C27H30N6O2. The van der Waals surface area contributed by atoms with E-state index in [1.54, 1.807) is 6.20 Å². The van der Waals surface area contributed by atoms with Crippen molar-refractivity contribution < 1.29 is 9.47 Å². The summed E-state index contributed by atoms with van der Waals surface area (Å²) in [6.07, 6.45) is 7.24. The smallest absolute Gasteiger partial charge is 0.232 e. The zero-order valence-electron chi connectivity index (χ0n) is 20.3. The van der Waals surface area contributed by atoms with Crippen LogP contribution >= 0.6 is 0 Å². The van der Waals surface area contributed by atoms with Crippen molar-refractivity contribution in [2.45, 2.75) is 25.9 Å². The number of benzene rings is 1. The van der Waals surface area contributed by atoms with Crippen LogP contribution in [0.5, 0.6) is 5.88 Å². The summed E-state index contributed by atoms with van der Waals surface area (Å²) in [5, 5.41) is 4.24. The molecule has 0 unspecified atom stereocenters. The Kier molecular flexibility index (Phi) is 6.37. The lowest BCUT2D eigenvalue weighted by Crippen LogP contribution is -2.26. The molecule has 0 spiro atoms. The maximum absolute atomic E-state index is 6.45. The van der Waals surface area contributed by atoms with Crippen LogP contribution in [0.3, 0.4) is 0 Å². The predicted molar refractivity (Wildman–Crippen MR) is 139 cm³/mol. The lowest BCUT2D eigenvalue weighted by Gasteiger charge is -2.23.